The van der Waals surface area contributed by atoms with Crippen LogP contribution in [0, 0.1) is 11.7 Å². The lowest BCUT2D eigenvalue weighted by Crippen LogP contribution is -2.38. The molecule has 3 aromatic rings. The molecule has 1 heterocycles. The first-order valence-corrected chi connectivity index (χ1v) is 11.0. The van der Waals surface area contributed by atoms with Crippen LogP contribution in [0.1, 0.15) is 11.1 Å². The van der Waals surface area contributed by atoms with E-state index in [1.165, 1.54) is 12.1 Å². The Morgan fingerprint density at radius 1 is 1.03 bits per heavy atom. The zero-order valence-corrected chi connectivity index (χ0v) is 18.6. The van der Waals surface area contributed by atoms with Crippen molar-refractivity contribution >= 4 is 11.8 Å². The van der Waals surface area contributed by atoms with E-state index in [0.29, 0.717) is 26.1 Å². The lowest BCUT2D eigenvalue weighted by atomic mass is 9.95. The number of methoxy groups -OCH3 is 1. The Morgan fingerprint density at radius 2 is 1.79 bits per heavy atom. The first-order chi connectivity index (χ1) is 16.0. The third-order valence-electron chi connectivity index (χ3n) is 5.95. The van der Waals surface area contributed by atoms with E-state index in [9.17, 15) is 14.0 Å². The minimum absolute atomic E-state index is 0.00160. The Morgan fingerprint density at radius 3 is 2.52 bits per heavy atom. The predicted octanol–water partition coefficient (Wildman–Crippen LogP) is 3.86. The van der Waals surface area contributed by atoms with E-state index in [4.69, 9.17) is 4.74 Å². The van der Waals surface area contributed by atoms with Crippen molar-refractivity contribution in [3.63, 3.8) is 0 Å². The van der Waals surface area contributed by atoms with E-state index in [0.717, 1.165) is 28.0 Å². The topological polar surface area (TPSA) is 58.6 Å². The van der Waals surface area contributed by atoms with Gasteiger partial charge in [-0.25, -0.2) is 4.39 Å². The smallest absolute Gasteiger partial charge is 0.227 e. The predicted molar refractivity (Wildman–Crippen MR) is 125 cm³/mol. The first-order valence-electron chi connectivity index (χ1n) is 11.0. The Balaban J connectivity index is 1.45. The van der Waals surface area contributed by atoms with Crippen LogP contribution in [-0.4, -0.2) is 43.5 Å². The van der Waals surface area contributed by atoms with E-state index < -0.39 is 0 Å². The van der Waals surface area contributed by atoms with Gasteiger partial charge >= 0.3 is 0 Å². The Hall–Kier alpha value is -3.67. The number of carbonyl (C=O) groups excluding carboxylic acids is 2. The molecule has 170 valence electrons. The number of halogens is 1. The molecule has 1 saturated heterocycles. The Kier molecular flexibility index (Phi) is 7.03. The number of ether oxygens (including phenoxy) is 1. The van der Waals surface area contributed by atoms with Crippen LogP contribution in [0.5, 0.6) is 5.75 Å². The molecule has 6 heteroatoms. The second-order valence-corrected chi connectivity index (χ2v) is 8.26. The lowest BCUT2D eigenvalue weighted by molar-refractivity contribution is -0.131. The minimum atomic E-state index is -0.337. The number of carbonyl (C=O) groups is 2. The quantitative estimate of drug-likeness (QED) is 0.626. The molecule has 0 aliphatic carbocycles. The van der Waals surface area contributed by atoms with Gasteiger partial charge in [0.15, 0.2) is 0 Å². The van der Waals surface area contributed by atoms with Crippen molar-refractivity contribution in [3.8, 4) is 16.9 Å². The van der Waals surface area contributed by atoms with E-state index in [-0.39, 0.29) is 30.0 Å². The van der Waals surface area contributed by atoms with Gasteiger partial charge in [-0.1, -0.05) is 48.5 Å². The molecule has 5 nitrogen and oxygen atoms in total. The molecule has 1 aliphatic heterocycles. The summed E-state index contributed by atoms with van der Waals surface area (Å²) in [5.41, 5.74) is 3.79. The number of rotatable bonds is 6. The molecule has 4 rings (SSSR count). The molecule has 0 bridgehead atoms. The van der Waals surface area contributed by atoms with Crippen molar-refractivity contribution in [2.24, 2.45) is 5.92 Å². The third-order valence-corrected chi connectivity index (χ3v) is 5.95. The molecule has 1 N–H and O–H groups in total. The summed E-state index contributed by atoms with van der Waals surface area (Å²) in [6.07, 6.45) is 0.804. The summed E-state index contributed by atoms with van der Waals surface area (Å²) in [6, 6.07) is 21.7. The number of nitrogens with one attached hydrogen (secondary N) is 1. The molecule has 2 amide bonds. The van der Waals surface area contributed by atoms with Crippen LogP contribution in [0.15, 0.2) is 72.8 Å². The second kappa shape index (κ2) is 10.3. The van der Waals surface area contributed by atoms with E-state index in [2.05, 4.69) is 5.32 Å². The van der Waals surface area contributed by atoms with Crippen molar-refractivity contribution in [3.05, 3.63) is 89.7 Å². The highest BCUT2D eigenvalue weighted by Gasteiger charge is 2.27. The molecule has 0 radical (unpaired) electrons. The van der Waals surface area contributed by atoms with Gasteiger partial charge in [0.25, 0.3) is 0 Å². The second-order valence-electron chi connectivity index (χ2n) is 8.26. The molecular weight excluding hydrogens is 419 g/mol. The lowest BCUT2D eigenvalue weighted by Gasteiger charge is -2.23. The molecule has 3 aromatic carbocycles. The fourth-order valence-corrected chi connectivity index (χ4v) is 4.12. The van der Waals surface area contributed by atoms with E-state index in [1.54, 1.807) is 24.1 Å². The van der Waals surface area contributed by atoms with Crippen molar-refractivity contribution < 1.29 is 18.7 Å². The average Bonchev–Trinajstić information content (AvgIpc) is 3.01. The van der Waals surface area contributed by atoms with Crippen LogP contribution in [-0.2, 0) is 22.4 Å². The van der Waals surface area contributed by atoms with Gasteiger partial charge in [0.05, 0.1) is 19.4 Å². The molecule has 1 fully saturated rings. The molecule has 33 heavy (non-hydrogen) atoms. The van der Waals surface area contributed by atoms with Crippen LogP contribution in [0.4, 0.5) is 4.39 Å². The first kappa shape index (κ1) is 22.5. The molecular formula is C27H27FN2O3. The maximum atomic E-state index is 13.3. The summed E-state index contributed by atoms with van der Waals surface area (Å²) in [5, 5.41) is 2.94. The van der Waals surface area contributed by atoms with Crippen LogP contribution in [0.3, 0.4) is 0 Å². The van der Waals surface area contributed by atoms with Crippen molar-refractivity contribution in [1.29, 1.82) is 0 Å². The molecule has 0 saturated carbocycles. The summed E-state index contributed by atoms with van der Waals surface area (Å²) in [5.74, 6) is 0.0996. The monoisotopic (exact) mass is 446 g/mol. The van der Waals surface area contributed by atoms with Gasteiger partial charge in [-0.2, -0.15) is 0 Å². The molecule has 0 aromatic heterocycles. The summed E-state index contributed by atoms with van der Waals surface area (Å²) in [7, 11) is 1.61. The van der Waals surface area contributed by atoms with Crippen LogP contribution in [0.2, 0.25) is 0 Å². The van der Waals surface area contributed by atoms with Gasteiger partial charge in [0.2, 0.25) is 11.8 Å². The van der Waals surface area contributed by atoms with Gasteiger partial charge in [-0.15, -0.1) is 0 Å². The summed E-state index contributed by atoms with van der Waals surface area (Å²) in [4.78, 5) is 27.4. The van der Waals surface area contributed by atoms with Crippen molar-refractivity contribution in [2.45, 2.75) is 12.8 Å². The number of benzene rings is 3. The number of amides is 2. The normalized spacial score (nSPS) is 16.1. The Labute approximate surface area is 193 Å². The summed E-state index contributed by atoms with van der Waals surface area (Å²) < 4.78 is 18.4. The fourth-order valence-electron chi connectivity index (χ4n) is 4.12. The van der Waals surface area contributed by atoms with Crippen molar-refractivity contribution in [1.82, 2.24) is 10.2 Å². The van der Waals surface area contributed by atoms with Crippen LogP contribution >= 0.6 is 0 Å². The number of hydrogen-bond donors (Lipinski definition) is 1. The summed E-state index contributed by atoms with van der Waals surface area (Å²) >= 11 is 0. The highest BCUT2D eigenvalue weighted by Crippen LogP contribution is 2.23. The SMILES string of the molecule is COc1ccc(CC(=O)N2CCNC(=O)[C@H](Cc3cccc(-c4ccc(F)cc4)c3)C2)cc1. The summed E-state index contributed by atoms with van der Waals surface area (Å²) in [6.45, 7) is 1.31. The van der Waals surface area contributed by atoms with E-state index >= 15 is 0 Å². The highest BCUT2D eigenvalue weighted by molar-refractivity contribution is 5.83. The number of nitrogens with zero attached hydrogens (tertiary/aromatic N) is 1. The van der Waals surface area contributed by atoms with Gasteiger partial charge in [-0.3, -0.25) is 9.59 Å². The molecule has 1 atom stereocenters. The zero-order chi connectivity index (χ0) is 23.2. The van der Waals surface area contributed by atoms with Gasteiger partial charge in [-0.05, 0) is 52.9 Å². The van der Waals surface area contributed by atoms with E-state index in [1.807, 2.05) is 48.5 Å². The largest absolute Gasteiger partial charge is 0.497 e. The molecule has 0 unspecified atom stereocenters. The average molecular weight is 447 g/mol. The fraction of sp³-hybridized carbons (Fsp3) is 0.259. The van der Waals surface area contributed by atoms with Gasteiger partial charge in [0.1, 0.15) is 11.6 Å². The maximum Gasteiger partial charge on any atom is 0.227 e. The zero-order valence-electron chi connectivity index (χ0n) is 18.6. The molecule has 1 aliphatic rings. The Bertz CT molecular complexity index is 1110. The van der Waals surface area contributed by atoms with Crippen molar-refractivity contribution in [2.75, 3.05) is 26.7 Å². The van der Waals surface area contributed by atoms with Gasteiger partial charge in [0, 0.05) is 19.6 Å². The third kappa shape index (κ3) is 5.77. The maximum absolute atomic E-state index is 13.3. The van der Waals surface area contributed by atoms with Crippen LogP contribution in [0.25, 0.3) is 11.1 Å². The minimum Gasteiger partial charge on any atom is -0.497 e. The standard InChI is InChI=1S/C27H27FN2O3/c1-33-25-11-5-19(6-12-25)17-26(31)30-14-13-29-27(32)23(18-30)16-20-3-2-4-22(15-20)21-7-9-24(28)10-8-21/h2-12,15,23H,13-14,16-18H2,1H3,(H,29,32)/t23-/m1/s1. The number of hydrogen-bond acceptors (Lipinski definition) is 3. The highest BCUT2D eigenvalue weighted by atomic mass is 19.1. The van der Waals surface area contributed by atoms with Gasteiger partial charge < -0.3 is 15.0 Å². The molecule has 0 spiro atoms. The van der Waals surface area contributed by atoms with Crippen LogP contribution < -0.4 is 10.1 Å².